The fourth-order valence-corrected chi connectivity index (χ4v) is 6.21. The minimum absolute atomic E-state index is 0.0620. The Balaban J connectivity index is 1.57. The highest BCUT2D eigenvalue weighted by atomic mass is 32.2. The van der Waals surface area contributed by atoms with Gasteiger partial charge in [0.25, 0.3) is 0 Å². The summed E-state index contributed by atoms with van der Waals surface area (Å²) in [7, 11) is -3.97. The Hall–Kier alpha value is -3.95. The van der Waals surface area contributed by atoms with E-state index in [1.165, 1.54) is 23.4 Å². The summed E-state index contributed by atoms with van der Waals surface area (Å²) in [5, 5.41) is 3.75. The number of H-pyrrole nitrogens is 1. The summed E-state index contributed by atoms with van der Waals surface area (Å²) in [6.07, 6.45) is 2.59. The monoisotopic (exact) mass is 560 g/mol. The van der Waals surface area contributed by atoms with Gasteiger partial charge in [-0.25, -0.2) is 8.42 Å². The molecule has 0 radical (unpaired) electrons. The van der Waals surface area contributed by atoms with Crippen molar-refractivity contribution in [2.24, 2.45) is 0 Å². The molecule has 0 aliphatic rings. The van der Waals surface area contributed by atoms with Crippen LogP contribution in [0.15, 0.2) is 83.9 Å². The number of carbonyl (C=O) groups excluding carboxylic acids is 2. The van der Waals surface area contributed by atoms with E-state index < -0.39 is 16.1 Å². The van der Waals surface area contributed by atoms with Gasteiger partial charge in [-0.2, -0.15) is 4.31 Å². The number of anilines is 1. The molecule has 1 heterocycles. The van der Waals surface area contributed by atoms with Crippen LogP contribution in [0.4, 0.5) is 5.69 Å². The van der Waals surface area contributed by atoms with Crippen LogP contribution in [0.3, 0.4) is 0 Å². The van der Waals surface area contributed by atoms with Crippen LogP contribution in [0, 0.1) is 6.92 Å². The van der Waals surface area contributed by atoms with Gasteiger partial charge >= 0.3 is 0 Å². The molecular formula is C31H36N4O4S. The van der Waals surface area contributed by atoms with Crippen LogP contribution in [-0.2, 0) is 32.6 Å². The second kappa shape index (κ2) is 12.5. The second-order valence-corrected chi connectivity index (χ2v) is 12.2. The fraction of sp³-hybridized carbons (Fsp3) is 0.290. The SMILES string of the molecule is CC(=O)Nc1ccc(S(=O)(=O)N(CC(=O)N(CCc2c[nH]c3ccccc23)Cc2ccc(C)cc2)C(C)C)cc1. The van der Waals surface area contributed by atoms with Crippen molar-refractivity contribution in [3.05, 3.63) is 95.7 Å². The van der Waals surface area contributed by atoms with Crippen LogP contribution in [0.5, 0.6) is 0 Å². The molecule has 0 aliphatic carbocycles. The highest BCUT2D eigenvalue weighted by molar-refractivity contribution is 7.89. The van der Waals surface area contributed by atoms with Gasteiger partial charge < -0.3 is 15.2 Å². The number of hydrogen-bond acceptors (Lipinski definition) is 4. The van der Waals surface area contributed by atoms with Crippen molar-refractivity contribution in [3.8, 4) is 0 Å². The zero-order valence-electron chi connectivity index (χ0n) is 23.3. The van der Waals surface area contributed by atoms with E-state index in [9.17, 15) is 18.0 Å². The highest BCUT2D eigenvalue weighted by Gasteiger charge is 2.31. The lowest BCUT2D eigenvalue weighted by Crippen LogP contribution is -2.46. The number of nitrogens with one attached hydrogen (secondary N) is 2. The number of nitrogens with zero attached hydrogens (tertiary/aromatic N) is 2. The first-order valence-electron chi connectivity index (χ1n) is 13.3. The Kier molecular flexibility index (Phi) is 9.07. The molecule has 0 spiro atoms. The predicted molar refractivity (Wildman–Crippen MR) is 158 cm³/mol. The van der Waals surface area contributed by atoms with E-state index in [0.29, 0.717) is 25.2 Å². The van der Waals surface area contributed by atoms with Gasteiger partial charge in [-0.3, -0.25) is 9.59 Å². The predicted octanol–water partition coefficient (Wildman–Crippen LogP) is 5.11. The van der Waals surface area contributed by atoms with Gasteiger partial charge in [-0.05, 0) is 68.7 Å². The lowest BCUT2D eigenvalue weighted by Gasteiger charge is -2.29. The smallest absolute Gasteiger partial charge is 0.243 e. The van der Waals surface area contributed by atoms with Crippen molar-refractivity contribution in [1.82, 2.24) is 14.2 Å². The molecule has 4 rings (SSSR count). The molecular weight excluding hydrogens is 524 g/mol. The van der Waals surface area contributed by atoms with E-state index in [1.807, 2.05) is 55.6 Å². The first-order chi connectivity index (χ1) is 19.0. The third-order valence-corrected chi connectivity index (χ3v) is 8.86. The number of fused-ring (bicyclic) bond motifs is 1. The van der Waals surface area contributed by atoms with Crippen LogP contribution < -0.4 is 5.32 Å². The van der Waals surface area contributed by atoms with Gasteiger partial charge in [0.05, 0.1) is 11.4 Å². The first-order valence-corrected chi connectivity index (χ1v) is 14.8. The van der Waals surface area contributed by atoms with E-state index in [1.54, 1.807) is 30.9 Å². The summed E-state index contributed by atoms with van der Waals surface area (Å²) >= 11 is 0. The molecule has 0 atom stereocenters. The summed E-state index contributed by atoms with van der Waals surface area (Å²) in [6, 6.07) is 21.6. The Morgan fingerprint density at radius 2 is 1.62 bits per heavy atom. The van der Waals surface area contributed by atoms with E-state index in [-0.39, 0.29) is 23.3 Å². The molecule has 40 heavy (non-hydrogen) atoms. The average Bonchev–Trinajstić information content (AvgIpc) is 3.33. The van der Waals surface area contributed by atoms with Gasteiger partial charge in [0.2, 0.25) is 21.8 Å². The summed E-state index contributed by atoms with van der Waals surface area (Å²) in [5.41, 5.74) is 4.74. The Labute approximate surface area is 236 Å². The molecule has 0 saturated carbocycles. The molecule has 2 amide bonds. The third kappa shape index (κ3) is 6.97. The average molecular weight is 561 g/mol. The standard InChI is InChI=1S/C31H36N4O4S/c1-22(2)35(40(38,39)28-15-13-27(14-16-28)33-24(4)36)21-31(37)34(20-25-11-9-23(3)10-12-25)18-17-26-19-32-30-8-6-5-7-29(26)30/h5-16,19,22,32H,17-18,20-21H2,1-4H3,(H,33,36). The number of aromatic amines is 1. The maximum atomic E-state index is 13.8. The molecule has 210 valence electrons. The van der Waals surface area contributed by atoms with E-state index in [4.69, 9.17) is 0 Å². The largest absolute Gasteiger partial charge is 0.361 e. The number of carbonyl (C=O) groups is 2. The molecule has 0 fully saturated rings. The van der Waals surface area contributed by atoms with E-state index in [2.05, 4.69) is 16.4 Å². The third-order valence-electron chi connectivity index (χ3n) is 6.82. The van der Waals surface area contributed by atoms with Crippen molar-refractivity contribution in [2.45, 2.75) is 51.6 Å². The minimum Gasteiger partial charge on any atom is -0.361 e. The zero-order valence-corrected chi connectivity index (χ0v) is 24.2. The zero-order chi connectivity index (χ0) is 28.9. The van der Waals surface area contributed by atoms with Crippen molar-refractivity contribution < 1.29 is 18.0 Å². The summed E-state index contributed by atoms with van der Waals surface area (Å²) < 4.78 is 28.5. The molecule has 0 aliphatic heterocycles. The molecule has 0 bridgehead atoms. The number of benzene rings is 3. The maximum Gasteiger partial charge on any atom is 0.243 e. The molecule has 0 unspecified atom stereocenters. The van der Waals surface area contributed by atoms with Crippen LogP contribution >= 0.6 is 0 Å². The number of para-hydroxylation sites is 1. The van der Waals surface area contributed by atoms with Crippen molar-refractivity contribution in [3.63, 3.8) is 0 Å². The number of aryl methyl sites for hydroxylation is 1. The molecule has 4 aromatic rings. The van der Waals surface area contributed by atoms with Gasteiger partial charge in [0.1, 0.15) is 0 Å². The maximum absolute atomic E-state index is 13.8. The second-order valence-electron chi connectivity index (χ2n) is 10.3. The summed E-state index contributed by atoms with van der Waals surface area (Å²) in [4.78, 5) is 30.2. The normalized spacial score (nSPS) is 11.8. The molecule has 0 saturated heterocycles. The van der Waals surface area contributed by atoms with Crippen LogP contribution in [-0.4, -0.2) is 53.6 Å². The molecule has 3 aromatic carbocycles. The Morgan fingerprint density at radius 1 is 0.950 bits per heavy atom. The first kappa shape index (κ1) is 29.0. The quantitative estimate of drug-likeness (QED) is 0.266. The van der Waals surface area contributed by atoms with Crippen molar-refractivity contribution in [2.75, 3.05) is 18.4 Å². The van der Waals surface area contributed by atoms with Crippen molar-refractivity contribution in [1.29, 1.82) is 0 Å². The number of aromatic nitrogens is 1. The van der Waals surface area contributed by atoms with Gasteiger partial charge in [0, 0.05) is 48.8 Å². The lowest BCUT2D eigenvalue weighted by molar-refractivity contribution is -0.132. The molecule has 1 aromatic heterocycles. The molecule has 9 heteroatoms. The van der Waals surface area contributed by atoms with Crippen LogP contribution in [0.25, 0.3) is 10.9 Å². The van der Waals surface area contributed by atoms with Gasteiger partial charge in [-0.15, -0.1) is 0 Å². The Morgan fingerprint density at radius 3 is 2.27 bits per heavy atom. The summed E-state index contributed by atoms with van der Waals surface area (Å²) in [6.45, 7) is 7.44. The van der Waals surface area contributed by atoms with E-state index >= 15 is 0 Å². The lowest BCUT2D eigenvalue weighted by atomic mass is 10.1. The Bertz CT molecular complexity index is 1580. The number of amides is 2. The fourth-order valence-electron chi connectivity index (χ4n) is 4.63. The minimum atomic E-state index is -3.97. The number of rotatable bonds is 11. The summed E-state index contributed by atoms with van der Waals surface area (Å²) in [5.74, 6) is -0.515. The van der Waals surface area contributed by atoms with Crippen LogP contribution in [0.1, 0.15) is 37.5 Å². The molecule has 8 nitrogen and oxygen atoms in total. The van der Waals surface area contributed by atoms with E-state index in [0.717, 1.165) is 27.6 Å². The number of hydrogen-bond donors (Lipinski definition) is 2. The topological polar surface area (TPSA) is 103 Å². The molecule has 2 N–H and O–H groups in total. The van der Waals surface area contributed by atoms with Gasteiger partial charge in [0.15, 0.2) is 0 Å². The number of sulfonamides is 1. The van der Waals surface area contributed by atoms with Crippen LogP contribution in [0.2, 0.25) is 0 Å². The highest BCUT2D eigenvalue weighted by Crippen LogP contribution is 2.22. The van der Waals surface area contributed by atoms with Gasteiger partial charge in [-0.1, -0.05) is 48.0 Å². The van der Waals surface area contributed by atoms with Crippen molar-refractivity contribution >= 4 is 38.4 Å².